The molecule has 0 N–H and O–H groups in total. The molecule has 424 valence electrons. The van der Waals surface area contributed by atoms with E-state index in [-0.39, 0.29) is 0 Å². The zero-order valence-electron chi connectivity index (χ0n) is 49.9. The number of rotatable bonds is 10. The molecule has 0 bridgehead atoms. The summed E-state index contributed by atoms with van der Waals surface area (Å²) in [5, 5.41) is 9.61. The van der Waals surface area contributed by atoms with Gasteiger partial charge in [0.2, 0.25) is 0 Å². The lowest BCUT2D eigenvalue weighted by Gasteiger charge is -2.32. The van der Waals surface area contributed by atoms with Crippen molar-refractivity contribution >= 4 is 77.2 Å². The van der Waals surface area contributed by atoms with E-state index in [1.165, 1.54) is 110 Å². The number of benzene rings is 16. The number of fused-ring (bicyclic) bond motifs is 14. The molecule has 0 aliphatic heterocycles. The maximum absolute atomic E-state index is 2.48. The van der Waals surface area contributed by atoms with Crippen LogP contribution in [0.3, 0.4) is 0 Å². The second-order valence-corrected chi connectivity index (χ2v) is 24.2. The van der Waals surface area contributed by atoms with Crippen LogP contribution in [0.15, 0.2) is 352 Å². The van der Waals surface area contributed by atoms with Crippen LogP contribution in [0, 0.1) is 0 Å². The summed E-state index contributed by atoms with van der Waals surface area (Å²) in [4.78, 5) is 4.95. The van der Waals surface area contributed by atoms with E-state index in [1.807, 2.05) is 0 Å². The first-order valence-electron chi connectivity index (χ1n) is 31.5. The van der Waals surface area contributed by atoms with Crippen molar-refractivity contribution in [1.82, 2.24) is 0 Å². The summed E-state index contributed by atoms with van der Waals surface area (Å²) in [7, 11) is 0. The maximum atomic E-state index is 2.48. The van der Waals surface area contributed by atoms with Crippen molar-refractivity contribution in [2.45, 2.75) is 5.41 Å². The molecule has 1 spiro atoms. The Bertz CT molecular complexity index is 5230. The quantitative estimate of drug-likeness (QED) is 0.135. The van der Waals surface area contributed by atoms with Crippen LogP contribution >= 0.6 is 0 Å². The zero-order valence-corrected chi connectivity index (χ0v) is 49.9. The van der Waals surface area contributed by atoms with Gasteiger partial charge in [-0.2, -0.15) is 0 Å². The smallest absolute Gasteiger partial charge is 0.0731 e. The Morgan fingerprint density at radius 2 is 0.495 bits per heavy atom. The van der Waals surface area contributed by atoms with Crippen molar-refractivity contribution in [2.24, 2.45) is 0 Å². The standard InChI is InChI=1S/C89H58N2/c1-5-28-72-60(20-1)24-15-35-74(72)64-48-52-68(53-49-64)90(86-42-17-26-62-22-3-7-30-76(62)86)70-56-67(57-71(58-70)91(87-43-18-27-63-23-4-8-31-77(63)87)69-54-50-65(51-55-69)75-36-16-25-61-21-2-6-29-73(61)75)59-44-46-66(47-45-59)78-37-19-38-82-81-34-11-14-41-85(81)89(88(78)82)83-39-12-9-32-79(83)80-33-10-13-40-84(80)89/h1-58H. The highest BCUT2D eigenvalue weighted by atomic mass is 15.2. The molecule has 0 atom stereocenters. The Balaban J connectivity index is 0.854. The third-order valence-electron chi connectivity index (χ3n) is 19.4. The van der Waals surface area contributed by atoms with Gasteiger partial charge in [0.25, 0.3) is 0 Å². The molecule has 0 saturated heterocycles. The molecule has 18 rings (SSSR count). The molecule has 2 heteroatoms. The predicted octanol–water partition coefficient (Wildman–Crippen LogP) is 24.3. The van der Waals surface area contributed by atoms with Gasteiger partial charge in [-0.3, -0.25) is 0 Å². The Labute approximate surface area is 530 Å². The van der Waals surface area contributed by atoms with Gasteiger partial charge < -0.3 is 9.80 Å². The topological polar surface area (TPSA) is 6.48 Å². The minimum atomic E-state index is -0.478. The largest absolute Gasteiger partial charge is 0.310 e. The second kappa shape index (κ2) is 21.2. The molecule has 2 nitrogen and oxygen atoms in total. The van der Waals surface area contributed by atoms with E-state index in [4.69, 9.17) is 0 Å². The van der Waals surface area contributed by atoms with Crippen molar-refractivity contribution in [3.63, 3.8) is 0 Å². The van der Waals surface area contributed by atoms with Crippen molar-refractivity contribution in [1.29, 1.82) is 0 Å². The number of hydrogen-bond donors (Lipinski definition) is 0. The molecule has 2 aliphatic carbocycles. The fourth-order valence-electron chi connectivity index (χ4n) is 15.5. The third-order valence-corrected chi connectivity index (χ3v) is 19.4. The lowest BCUT2D eigenvalue weighted by atomic mass is 9.68. The van der Waals surface area contributed by atoms with Crippen LogP contribution in [0.2, 0.25) is 0 Å². The summed E-state index contributed by atoms with van der Waals surface area (Å²) in [6, 6.07) is 131. The minimum absolute atomic E-state index is 0.478. The van der Waals surface area contributed by atoms with E-state index in [2.05, 4.69) is 362 Å². The van der Waals surface area contributed by atoms with Crippen LogP contribution < -0.4 is 9.80 Å². The van der Waals surface area contributed by atoms with Crippen LogP contribution in [0.5, 0.6) is 0 Å². The van der Waals surface area contributed by atoms with Crippen molar-refractivity contribution in [3.05, 3.63) is 374 Å². The average Bonchev–Trinajstić information content (AvgIpc) is 1.51. The van der Waals surface area contributed by atoms with Gasteiger partial charge in [-0.25, -0.2) is 0 Å². The molecule has 16 aromatic carbocycles. The molecule has 0 aromatic heterocycles. The molecule has 0 unspecified atom stereocenters. The van der Waals surface area contributed by atoms with Gasteiger partial charge in [0.15, 0.2) is 0 Å². The Kier molecular flexibility index (Phi) is 12.2. The van der Waals surface area contributed by atoms with Crippen molar-refractivity contribution in [3.8, 4) is 66.8 Å². The van der Waals surface area contributed by atoms with Gasteiger partial charge in [0.1, 0.15) is 0 Å². The van der Waals surface area contributed by atoms with Gasteiger partial charge in [-0.05, 0) is 176 Å². The molecular formula is C89H58N2. The van der Waals surface area contributed by atoms with E-state index in [0.717, 1.165) is 56.0 Å². The fraction of sp³-hybridized carbons (Fsp3) is 0.0112. The molecule has 0 fully saturated rings. The highest BCUT2D eigenvalue weighted by Gasteiger charge is 2.52. The third kappa shape index (κ3) is 8.34. The average molecular weight is 1160 g/mol. The van der Waals surface area contributed by atoms with Crippen LogP contribution in [-0.2, 0) is 5.41 Å². The van der Waals surface area contributed by atoms with E-state index < -0.39 is 5.41 Å². The lowest BCUT2D eigenvalue weighted by Crippen LogP contribution is -2.26. The van der Waals surface area contributed by atoms with Gasteiger partial charge in [0.05, 0.1) is 16.8 Å². The van der Waals surface area contributed by atoms with Gasteiger partial charge in [-0.1, -0.05) is 297 Å². The van der Waals surface area contributed by atoms with E-state index in [9.17, 15) is 0 Å². The molecule has 0 amide bonds. The second-order valence-electron chi connectivity index (χ2n) is 24.2. The van der Waals surface area contributed by atoms with Crippen LogP contribution in [-0.4, -0.2) is 0 Å². The highest BCUT2D eigenvalue weighted by molar-refractivity contribution is 6.05. The van der Waals surface area contributed by atoms with Crippen molar-refractivity contribution in [2.75, 3.05) is 9.80 Å². The fourth-order valence-corrected chi connectivity index (χ4v) is 15.5. The first kappa shape index (κ1) is 52.3. The number of hydrogen-bond acceptors (Lipinski definition) is 2. The first-order valence-corrected chi connectivity index (χ1v) is 31.5. The number of nitrogens with zero attached hydrogens (tertiary/aromatic N) is 2. The molecule has 0 heterocycles. The van der Waals surface area contributed by atoms with E-state index in [1.54, 1.807) is 0 Å². The van der Waals surface area contributed by atoms with Crippen LogP contribution in [0.1, 0.15) is 22.3 Å². The van der Waals surface area contributed by atoms with Gasteiger partial charge in [-0.15, -0.1) is 0 Å². The normalized spacial score (nSPS) is 12.5. The molecule has 0 radical (unpaired) electrons. The Morgan fingerprint density at radius 3 is 0.967 bits per heavy atom. The Hall–Kier alpha value is -11.8. The molecule has 2 aliphatic rings. The van der Waals surface area contributed by atoms with Crippen LogP contribution in [0.4, 0.5) is 34.1 Å². The van der Waals surface area contributed by atoms with Crippen molar-refractivity contribution < 1.29 is 0 Å². The van der Waals surface area contributed by atoms with Gasteiger partial charge in [0, 0.05) is 33.5 Å². The van der Waals surface area contributed by atoms with Crippen LogP contribution in [0.25, 0.3) is 110 Å². The number of anilines is 6. The zero-order chi connectivity index (χ0) is 60.0. The van der Waals surface area contributed by atoms with E-state index in [0.29, 0.717) is 0 Å². The molecule has 16 aromatic rings. The monoisotopic (exact) mass is 1150 g/mol. The molecular weight excluding hydrogens is 1100 g/mol. The summed E-state index contributed by atoms with van der Waals surface area (Å²) in [6.07, 6.45) is 0. The Morgan fingerprint density at radius 1 is 0.187 bits per heavy atom. The van der Waals surface area contributed by atoms with E-state index >= 15 is 0 Å². The molecule has 91 heavy (non-hydrogen) atoms. The summed E-state index contributed by atoms with van der Waals surface area (Å²) in [6.45, 7) is 0. The first-order chi connectivity index (χ1) is 45.1. The maximum Gasteiger partial charge on any atom is 0.0731 e. The van der Waals surface area contributed by atoms with Gasteiger partial charge >= 0.3 is 0 Å². The highest BCUT2D eigenvalue weighted by Crippen LogP contribution is 2.64. The molecule has 0 saturated carbocycles. The minimum Gasteiger partial charge on any atom is -0.310 e. The SMILES string of the molecule is c1ccc2c(c1)-c1ccccc1C21c2ccccc2-c2cccc(-c3ccc(-c4cc(N(c5ccc(-c6cccc7ccccc67)cc5)c5cccc6ccccc56)cc(N(c5ccc(-c6cccc7ccccc67)cc5)c5cccc6ccccc56)c4)cc3)c21. The summed E-state index contributed by atoms with van der Waals surface area (Å²) in [5.41, 5.74) is 25.8. The lowest BCUT2D eigenvalue weighted by molar-refractivity contribution is 0.796. The summed E-state index contributed by atoms with van der Waals surface area (Å²) >= 11 is 0. The predicted molar refractivity (Wildman–Crippen MR) is 384 cm³/mol. The summed E-state index contributed by atoms with van der Waals surface area (Å²) < 4.78 is 0. The summed E-state index contributed by atoms with van der Waals surface area (Å²) in [5.74, 6) is 0.